The van der Waals surface area contributed by atoms with Crippen molar-refractivity contribution in [2.45, 2.75) is 6.92 Å². The summed E-state index contributed by atoms with van der Waals surface area (Å²) in [5.41, 5.74) is 4.56. The van der Waals surface area contributed by atoms with Crippen LogP contribution >= 0.6 is 12.2 Å². The lowest BCUT2D eigenvalue weighted by atomic mass is 10.0. The summed E-state index contributed by atoms with van der Waals surface area (Å²) in [6.45, 7) is 2.11. The van der Waals surface area contributed by atoms with Gasteiger partial charge in [0, 0.05) is 0 Å². The number of benzene rings is 2. The fourth-order valence-electron chi connectivity index (χ4n) is 1.67. The van der Waals surface area contributed by atoms with Gasteiger partial charge in [0.1, 0.15) is 0 Å². The van der Waals surface area contributed by atoms with Crippen LogP contribution in [0.4, 0.5) is 5.69 Å². The van der Waals surface area contributed by atoms with E-state index in [0.29, 0.717) is 0 Å². The quantitative estimate of drug-likeness (QED) is 0.545. The largest absolute Gasteiger partial charge is 0.195 e. The van der Waals surface area contributed by atoms with Crippen LogP contribution in [0.15, 0.2) is 53.5 Å². The normalized spacial score (nSPS) is 9.56. The maximum atomic E-state index is 4.56. The second-order valence-corrected chi connectivity index (χ2v) is 3.75. The summed E-state index contributed by atoms with van der Waals surface area (Å²) in [7, 11) is 0. The first-order valence-corrected chi connectivity index (χ1v) is 5.46. The minimum atomic E-state index is 0.840. The second-order valence-electron chi connectivity index (χ2n) is 3.56. The average Bonchev–Trinajstić information content (AvgIpc) is 2.31. The monoisotopic (exact) mass is 225 g/mol. The summed E-state index contributed by atoms with van der Waals surface area (Å²) in [4.78, 5) is 3.93. The number of hydrogen-bond acceptors (Lipinski definition) is 2. The van der Waals surface area contributed by atoms with Crippen molar-refractivity contribution in [3.05, 3.63) is 54.1 Å². The van der Waals surface area contributed by atoms with E-state index < -0.39 is 0 Å². The minimum absolute atomic E-state index is 0.840. The van der Waals surface area contributed by atoms with Gasteiger partial charge in [0.25, 0.3) is 0 Å². The third kappa shape index (κ3) is 2.25. The zero-order valence-electron chi connectivity index (χ0n) is 8.97. The SMILES string of the molecule is Cc1ccccc1-c1ccc(N=C=S)cc1. The Morgan fingerprint density at radius 2 is 1.69 bits per heavy atom. The van der Waals surface area contributed by atoms with Crippen molar-refractivity contribution in [2.75, 3.05) is 0 Å². The van der Waals surface area contributed by atoms with Gasteiger partial charge in [0.2, 0.25) is 0 Å². The second kappa shape index (κ2) is 4.84. The Kier molecular flexibility index (Phi) is 3.25. The van der Waals surface area contributed by atoms with Gasteiger partial charge in [-0.05, 0) is 48.0 Å². The fraction of sp³-hybridized carbons (Fsp3) is 0.0714. The van der Waals surface area contributed by atoms with Gasteiger partial charge in [-0.25, -0.2) is 0 Å². The minimum Gasteiger partial charge on any atom is -0.195 e. The molecule has 78 valence electrons. The van der Waals surface area contributed by atoms with Crippen LogP contribution in [-0.4, -0.2) is 5.16 Å². The Hall–Kier alpha value is -1.76. The molecule has 2 rings (SSSR count). The molecule has 0 radical (unpaired) electrons. The first-order chi connectivity index (χ1) is 7.81. The molecule has 0 aliphatic carbocycles. The number of hydrogen-bond donors (Lipinski definition) is 0. The lowest BCUT2D eigenvalue weighted by Gasteiger charge is -2.05. The van der Waals surface area contributed by atoms with E-state index in [1.54, 1.807) is 0 Å². The molecule has 0 N–H and O–H groups in total. The van der Waals surface area contributed by atoms with E-state index in [4.69, 9.17) is 0 Å². The summed E-state index contributed by atoms with van der Waals surface area (Å²) >= 11 is 4.56. The van der Waals surface area contributed by atoms with Crippen LogP contribution in [0.5, 0.6) is 0 Å². The van der Waals surface area contributed by atoms with Gasteiger partial charge in [0.05, 0.1) is 10.8 Å². The summed E-state index contributed by atoms with van der Waals surface area (Å²) in [5.74, 6) is 0. The molecule has 0 aromatic heterocycles. The molecule has 0 spiro atoms. The highest BCUT2D eigenvalue weighted by molar-refractivity contribution is 7.78. The lowest BCUT2D eigenvalue weighted by molar-refractivity contribution is 1.45. The standard InChI is InChI=1S/C14H11NS/c1-11-4-2-3-5-14(11)12-6-8-13(9-7-12)15-10-16/h2-9H,1H3. The molecule has 2 aromatic carbocycles. The molecule has 0 saturated carbocycles. The fourth-order valence-corrected chi connectivity index (χ4v) is 1.77. The van der Waals surface area contributed by atoms with Crippen LogP contribution in [0, 0.1) is 6.92 Å². The number of isothiocyanates is 1. The summed E-state index contributed by atoms with van der Waals surface area (Å²) < 4.78 is 0. The van der Waals surface area contributed by atoms with E-state index in [0.717, 1.165) is 5.69 Å². The smallest absolute Gasteiger partial charge is 0.0739 e. The topological polar surface area (TPSA) is 12.4 Å². The van der Waals surface area contributed by atoms with Gasteiger partial charge in [-0.15, -0.1) is 0 Å². The predicted molar refractivity (Wildman–Crippen MR) is 71.3 cm³/mol. The van der Waals surface area contributed by atoms with Gasteiger partial charge in [-0.1, -0.05) is 36.4 Å². The highest BCUT2D eigenvalue weighted by Gasteiger charge is 1.99. The maximum absolute atomic E-state index is 4.56. The molecular formula is C14H11NS. The van der Waals surface area contributed by atoms with Gasteiger partial charge in [0.15, 0.2) is 0 Å². The average molecular weight is 225 g/mol. The Morgan fingerprint density at radius 1 is 1.00 bits per heavy atom. The van der Waals surface area contributed by atoms with E-state index in [9.17, 15) is 0 Å². The van der Waals surface area contributed by atoms with Crippen molar-refractivity contribution in [1.82, 2.24) is 0 Å². The molecule has 0 aliphatic rings. The van der Waals surface area contributed by atoms with Crippen molar-refractivity contribution < 1.29 is 0 Å². The van der Waals surface area contributed by atoms with Crippen molar-refractivity contribution in [3.8, 4) is 11.1 Å². The molecule has 0 bridgehead atoms. The highest BCUT2D eigenvalue weighted by atomic mass is 32.1. The Balaban J connectivity index is 2.42. The van der Waals surface area contributed by atoms with E-state index in [1.165, 1.54) is 16.7 Å². The molecule has 0 heterocycles. The van der Waals surface area contributed by atoms with Crippen LogP contribution in [0.1, 0.15) is 5.56 Å². The zero-order valence-corrected chi connectivity index (χ0v) is 9.79. The maximum Gasteiger partial charge on any atom is 0.0739 e. The first-order valence-electron chi connectivity index (χ1n) is 5.05. The number of nitrogens with zero attached hydrogens (tertiary/aromatic N) is 1. The van der Waals surface area contributed by atoms with Crippen LogP contribution in [0.3, 0.4) is 0 Å². The van der Waals surface area contributed by atoms with E-state index in [2.05, 4.69) is 41.4 Å². The number of aliphatic imine (C=N–C) groups is 1. The molecule has 0 amide bonds. The molecule has 2 heteroatoms. The van der Waals surface area contributed by atoms with Crippen molar-refractivity contribution in [3.63, 3.8) is 0 Å². The first kappa shape index (κ1) is 10.7. The van der Waals surface area contributed by atoms with Crippen molar-refractivity contribution in [2.24, 2.45) is 4.99 Å². The Morgan fingerprint density at radius 3 is 2.31 bits per heavy atom. The van der Waals surface area contributed by atoms with Gasteiger partial charge >= 0.3 is 0 Å². The summed E-state index contributed by atoms with van der Waals surface area (Å²) in [5, 5.41) is 2.36. The van der Waals surface area contributed by atoms with Gasteiger partial charge < -0.3 is 0 Å². The van der Waals surface area contributed by atoms with Crippen LogP contribution in [0.25, 0.3) is 11.1 Å². The van der Waals surface area contributed by atoms with Crippen LogP contribution in [-0.2, 0) is 0 Å². The summed E-state index contributed by atoms with van der Waals surface area (Å²) in [6.07, 6.45) is 0. The Bertz CT molecular complexity index is 537. The van der Waals surface area contributed by atoms with E-state index in [-0.39, 0.29) is 0 Å². The molecule has 0 saturated heterocycles. The third-order valence-corrected chi connectivity index (χ3v) is 2.59. The number of thiocarbonyl (C=S) groups is 1. The Labute approximate surface area is 100 Å². The predicted octanol–water partition coefficient (Wildman–Crippen LogP) is 4.40. The van der Waals surface area contributed by atoms with Gasteiger partial charge in [-0.2, -0.15) is 4.99 Å². The molecule has 0 unspecified atom stereocenters. The molecule has 1 nitrogen and oxygen atoms in total. The molecule has 16 heavy (non-hydrogen) atoms. The van der Waals surface area contributed by atoms with E-state index in [1.807, 2.05) is 36.4 Å². The number of rotatable bonds is 2. The van der Waals surface area contributed by atoms with Crippen molar-refractivity contribution >= 4 is 23.1 Å². The third-order valence-electron chi connectivity index (χ3n) is 2.50. The van der Waals surface area contributed by atoms with Crippen LogP contribution in [0.2, 0.25) is 0 Å². The molecule has 0 fully saturated rings. The lowest BCUT2D eigenvalue weighted by Crippen LogP contribution is -1.81. The van der Waals surface area contributed by atoms with E-state index >= 15 is 0 Å². The molecule has 2 aromatic rings. The molecule has 0 aliphatic heterocycles. The number of aryl methyl sites for hydroxylation is 1. The highest BCUT2D eigenvalue weighted by Crippen LogP contribution is 2.25. The summed E-state index contributed by atoms with van der Waals surface area (Å²) in [6, 6.07) is 16.3. The van der Waals surface area contributed by atoms with Crippen LogP contribution < -0.4 is 0 Å². The van der Waals surface area contributed by atoms with Gasteiger partial charge in [-0.3, -0.25) is 0 Å². The molecule has 0 atom stereocenters. The zero-order chi connectivity index (χ0) is 11.4. The molecular weight excluding hydrogens is 214 g/mol. The van der Waals surface area contributed by atoms with Crippen molar-refractivity contribution in [1.29, 1.82) is 0 Å².